The minimum Gasteiger partial charge on any atom is -0.376 e. The Bertz CT molecular complexity index is 468. The molecule has 2 aliphatic rings. The molecule has 0 radical (unpaired) electrons. The van der Waals surface area contributed by atoms with Crippen molar-refractivity contribution < 1.29 is 0 Å². The molecule has 1 saturated heterocycles. The Hall–Kier alpha value is -1.28. The second-order valence-electron chi connectivity index (χ2n) is 5.91. The maximum Gasteiger partial charge on any atom is 0.0503 e. The molecule has 2 aliphatic heterocycles. The van der Waals surface area contributed by atoms with E-state index in [0.717, 1.165) is 0 Å². The van der Waals surface area contributed by atoms with Crippen LogP contribution in [0.1, 0.15) is 30.9 Å². The molecule has 1 aromatic carbocycles. The molecule has 90 valence electrons. The van der Waals surface area contributed by atoms with Gasteiger partial charge in [0.25, 0.3) is 0 Å². The Morgan fingerprint density at radius 1 is 1.29 bits per heavy atom. The van der Waals surface area contributed by atoms with Crippen molar-refractivity contribution in [1.82, 2.24) is 4.90 Å². The maximum absolute atomic E-state index is 3.59. The van der Waals surface area contributed by atoms with Gasteiger partial charge >= 0.3 is 0 Å². The van der Waals surface area contributed by atoms with Gasteiger partial charge in [-0.1, -0.05) is 24.3 Å². The molecule has 2 heterocycles. The molecular formula is C15H20N2. The fourth-order valence-electron chi connectivity index (χ4n) is 2.81. The first kappa shape index (κ1) is 10.8. The van der Waals surface area contributed by atoms with Gasteiger partial charge in [0.1, 0.15) is 0 Å². The molecule has 0 unspecified atom stereocenters. The van der Waals surface area contributed by atoms with Crippen molar-refractivity contribution in [2.75, 3.05) is 25.5 Å². The predicted molar refractivity (Wildman–Crippen MR) is 73.4 cm³/mol. The van der Waals surface area contributed by atoms with Crippen LogP contribution in [0.2, 0.25) is 0 Å². The lowest BCUT2D eigenvalue weighted by Gasteiger charge is -2.39. The highest BCUT2D eigenvalue weighted by Crippen LogP contribution is 2.36. The highest BCUT2D eigenvalue weighted by atomic mass is 15.2. The van der Waals surface area contributed by atoms with E-state index in [1.807, 2.05) is 0 Å². The van der Waals surface area contributed by atoms with Crippen LogP contribution >= 0.6 is 0 Å². The third kappa shape index (κ3) is 1.87. The van der Waals surface area contributed by atoms with Crippen LogP contribution in [0.3, 0.4) is 0 Å². The van der Waals surface area contributed by atoms with Crippen molar-refractivity contribution in [3.05, 3.63) is 35.4 Å². The lowest BCUT2D eigenvalue weighted by Crippen LogP contribution is -2.42. The molecule has 17 heavy (non-hydrogen) atoms. The van der Waals surface area contributed by atoms with Gasteiger partial charge in [0.2, 0.25) is 0 Å². The van der Waals surface area contributed by atoms with Gasteiger partial charge in [0, 0.05) is 30.3 Å². The minimum absolute atomic E-state index is 0.0715. The van der Waals surface area contributed by atoms with Crippen molar-refractivity contribution >= 4 is 11.8 Å². The largest absolute Gasteiger partial charge is 0.376 e. The minimum atomic E-state index is 0.0715. The molecule has 0 bridgehead atoms. The Labute approximate surface area is 103 Å². The topological polar surface area (TPSA) is 15.3 Å². The fourth-order valence-corrected chi connectivity index (χ4v) is 2.81. The zero-order valence-corrected chi connectivity index (χ0v) is 10.8. The van der Waals surface area contributed by atoms with Gasteiger partial charge in [-0.3, -0.25) is 0 Å². The van der Waals surface area contributed by atoms with Crippen LogP contribution < -0.4 is 5.32 Å². The third-order valence-corrected chi connectivity index (χ3v) is 3.77. The summed E-state index contributed by atoms with van der Waals surface area (Å²) in [5.74, 6) is 0.711. The van der Waals surface area contributed by atoms with Crippen molar-refractivity contribution in [1.29, 1.82) is 0 Å². The molecule has 0 aliphatic carbocycles. The van der Waals surface area contributed by atoms with E-state index in [1.165, 1.54) is 29.9 Å². The number of likely N-dealkylation sites (tertiary alicyclic amines) is 1. The number of anilines is 1. The molecule has 0 spiro atoms. The number of rotatable bonds is 1. The van der Waals surface area contributed by atoms with E-state index in [1.54, 1.807) is 0 Å². The summed E-state index contributed by atoms with van der Waals surface area (Å²) in [6.45, 7) is 6.79. The molecule has 1 fully saturated rings. The monoisotopic (exact) mass is 228 g/mol. The molecule has 0 amide bonds. The van der Waals surface area contributed by atoms with E-state index in [4.69, 9.17) is 0 Å². The summed E-state index contributed by atoms with van der Waals surface area (Å²) in [7, 11) is 2.18. The van der Waals surface area contributed by atoms with Crippen molar-refractivity contribution in [3.8, 4) is 0 Å². The van der Waals surface area contributed by atoms with Gasteiger partial charge in [-0.15, -0.1) is 0 Å². The van der Waals surface area contributed by atoms with Gasteiger partial charge < -0.3 is 10.2 Å². The summed E-state index contributed by atoms with van der Waals surface area (Å²) in [6.07, 6.45) is 4.56. The first-order valence-electron chi connectivity index (χ1n) is 6.34. The molecule has 0 atom stereocenters. The van der Waals surface area contributed by atoms with Crippen LogP contribution in [0.4, 0.5) is 5.69 Å². The van der Waals surface area contributed by atoms with Gasteiger partial charge in [0.15, 0.2) is 0 Å². The molecular weight excluding hydrogens is 208 g/mol. The van der Waals surface area contributed by atoms with Crippen LogP contribution in [0.25, 0.3) is 6.08 Å². The number of likely N-dealkylation sites (N-methyl/N-ethyl adjacent to an activating group) is 1. The van der Waals surface area contributed by atoms with Crippen LogP contribution in [0, 0.1) is 0 Å². The number of benzene rings is 1. The van der Waals surface area contributed by atoms with E-state index >= 15 is 0 Å². The maximum atomic E-state index is 3.59. The number of fused-ring (bicyclic) bond motifs is 1. The number of hydrogen-bond acceptors (Lipinski definition) is 2. The molecule has 1 aromatic rings. The summed E-state index contributed by atoms with van der Waals surface area (Å²) in [4.78, 5) is 2.37. The Morgan fingerprint density at radius 2 is 2.06 bits per heavy atom. The summed E-state index contributed by atoms with van der Waals surface area (Å²) in [6, 6.07) is 6.64. The zero-order valence-electron chi connectivity index (χ0n) is 10.8. The molecule has 1 N–H and O–H groups in total. The smallest absolute Gasteiger partial charge is 0.0503 e. The molecule has 0 aromatic heterocycles. The van der Waals surface area contributed by atoms with Crippen LogP contribution in [-0.2, 0) is 0 Å². The summed E-state index contributed by atoms with van der Waals surface area (Å²) < 4.78 is 0. The van der Waals surface area contributed by atoms with Crippen LogP contribution in [0.5, 0.6) is 0 Å². The second kappa shape index (κ2) is 3.61. The fraction of sp³-hybridized carbons (Fsp3) is 0.467. The van der Waals surface area contributed by atoms with Gasteiger partial charge in [-0.2, -0.15) is 0 Å². The lowest BCUT2D eigenvalue weighted by atomic mass is 9.85. The number of hydrogen-bond donors (Lipinski definition) is 1. The van der Waals surface area contributed by atoms with E-state index in [9.17, 15) is 0 Å². The highest BCUT2D eigenvalue weighted by Gasteiger charge is 2.29. The van der Waals surface area contributed by atoms with Crippen molar-refractivity contribution in [2.24, 2.45) is 0 Å². The first-order valence-corrected chi connectivity index (χ1v) is 6.34. The Kier molecular flexibility index (Phi) is 2.30. The normalized spacial score (nSPS) is 22.8. The highest BCUT2D eigenvalue weighted by molar-refractivity contribution is 5.75. The lowest BCUT2D eigenvalue weighted by molar-refractivity contribution is 0.189. The van der Waals surface area contributed by atoms with E-state index in [-0.39, 0.29) is 5.54 Å². The Morgan fingerprint density at radius 3 is 2.76 bits per heavy atom. The third-order valence-electron chi connectivity index (χ3n) is 3.77. The Balaban J connectivity index is 1.97. The van der Waals surface area contributed by atoms with Crippen LogP contribution in [0.15, 0.2) is 24.3 Å². The summed E-state index contributed by atoms with van der Waals surface area (Å²) >= 11 is 0. The standard InChI is InChI=1S/C15H20N2/c1-15(2)8-7-13-12(11-9-17(3)10-11)5-4-6-14(13)16-15/h4-8,11,16H,9-10H2,1-3H3. The average molecular weight is 228 g/mol. The molecule has 2 heteroatoms. The summed E-state index contributed by atoms with van der Waals surface area (Å²) in [5, 5.41) is 3.59. The van der Waals surface area contributed by atoms with Crippen molar-refractivity contribution in [3.63, 3.8) is 0 Å². The van der Waals surface area contributed by atoms with E-state index in [2.05, 4.69) is 61.5 Å². The molecule has 0 saturated carbocycles. The SMILES string of the molecule is CN1CC(c2cccc3c2C=CC(C)(C)N3)C1. The number of nitrogens with one attached hydrogen (secondary N) is 1. The van der Waals surface area contributed by atoms with E-state index < -0.39 is 0 Å². The summed E-state index contributed by atoms with van der Waals surface area (Å²) in [5.41, 5.74) is 4.25. The van der Waals surface area contributed by atoms with Crippen molar-refractivity contribution in [2.45, 2.75) is 25.3 Å². The van der Waals surface area contributed by atoms with E-state index in [0.29, 0.717) is 5.92 Å². The predicted octanol–water partition coefficient (Wildman–Crippen LogP) is 2.93. The molecule has 3 rings (SSSR count). The molecule has 2 nitrogen and oxygen atoms in total. The average Bonchev–Trinajstić information content (AvgIpc) is 2.22. The quantitative estimate of drug-likeness (QED) is 0.795. The zero-order chi connectivity index (χ0) is 12.0. The number of nitrogens with zero attached hydrogens (tertiary/aromatic N) is 1. The van der Waals surface area contributed by atoms with Crippen LogP contribution in [-0.4, -0.2) is 30.6 Å². The first-order chi connectivity index (χ1) is 8.05. The van der Waals surface area contributed by atoms with Gasteiger partial charge in [-0.25, -0.2) is 0 Å². The van der Waals surface area contributed by atoms with Gasteiger partial charge in [0.05, 0.1) is 5.54 Å². The second-order valence-corrected chi connectivity index (χ2v) is 5.91. The van der Waals surface area contributed by atoms with Gasteiger partial charge in [-0.05, 0) is 32.5 Å².